The molecule has 0 spiro atoms. The first kappa shape index (κ1) is 21.6. The van der Waals surface area contributed by atoms with E-state index in [-0.39, 0.29) is 17.2 Å². The van der Waals surface area contributed by atoms with Gasteiger partial charge in [-0.05, 0) is 55.7 Å². The molecular formula is C21H26N4O4S. The van der Waals surface area contributed by atoms with Gasteiger partial charge in [0.2, 0.25) is 15.9 Å². The number of para-hydroxylation sites is 1. The van der Waals surface area contributed by atoms with E-state index >= 15 is 0 Å². The van der Waals surface area contributed by atoms with E-state index in [1.807, 2.05) is 12.1 Å². The third kappa shape index (κ3) is 5.73. The zero-order valence-corrected chi connectivity index (χ0v) is 17.7. The molecule has 3 N–H and O–H groups in total. The van der Waals surface area contributed by atoms with Crippen LogP contribution in [-0.2, 0) is 14.8 Å². The maximum Gasteiger partial charge on any atom is 0.253 e. The summed E-state index contributed by atoms with van der Waals surface area (Å²) in [4.78, 5) is 26.4. The van der Waals surface area contributed by atoms with Crippen molar-refractivity contribution in [2.24, 2.45) is 0 Å². The predicted octanol–water partition coefficient (Wildman–Crippen LogP) is 2.42. The molecule has 0 aromatic heterocycles. The lowest BCUT2D eigenvalue weighted by Crippen LogP contribution is -2.29. The second kappa shape index (κ2) is 9.62. The van der Waals surface area contributed by atoms with Crippen LogP contribution in [0.3, 0.4) is 0 Å². The molecule has 1 aliphatic heterocycles. The highest BCUT2D eigenvalue weighted by Gasteiger charge is 2.19. The molecular weight excluding hydrogens is 404 g/mol. The largest absolute Gasteiger partial charge is 0.372 e. The van der Waals surface area contributed by atoms with Crippen molar-refractivity contribution in [2.45, 2.75) is 19.3 Å². The van der Waals surface area contributed by atoms with Crippen LogP contribution in [0.15, 0.2) is 48.5 Å². The van der Waals surface area contributed by atoms with Gasteiger partial charge in [0.15, 0.2) is 0 Å². The van der Waals surface area contributed by atoms with Gasteiger partial charge in [0, 0.05) is 31.5 Å². The van der Waals surface area contributed by atoms with Crippen LogP contribution in [0, 0.1) is 0 Å². The number of hydrogen-bond acceptors (Lipinski definition) is 5. The Hall–Kier alpha value is -3.07. The normalized spacial score (nSPS) is 14.1. The van der Waals surface area contributed by atoms with E-state index in [4.69, 9.17) is 0 Å². The van der Waals surface area contributed by atoms with Crippen molar-refractivity contribution >= 4 is 38.9 Å². The molecule has 8 nitrogen and oxygen atoms in total. The molecule has 1 heterocycles. The fraction of sp³-hybridized carbons (Fsp3) is 0.333. The van der Waals surface area contributed by atoms with E-state index in [1.54, 1.807) is 36.4 Å². The molecule has 160 valence electrons. The van der Waals surface area contributed by atoms with Crippen LogP contribution >= 0.6 is 0 Å². The maximum absolute atomic E-state index is 12.4. The van der Waals surface area contributed by atoms with Gasteiger partial charge in [0.05, 0.1) is 11.3 Å². The molecule has 2 aromatic carbocycles. The number of carbonyl (C=O) groups is 2. The summed E-state index contributed by atoms with van der Waals surface area (Å²) in [7, 11) is -2.43. The average molecular weight is 431 g/mol. The summed E-state index contributed by atoms with van der Waals surface area (Å²) < 4.78 is 27.2. The number of carbonyl (C=O) groups excluding carboxylic acids is 2. The molecule has 9 heteroatoms. The number of hydrogen-bond donors (Lipinski definition) is 3. The summed E-state index contributed by atoms with van der Waals surface area (Å²) in [6.45, 7) is 2.01. The van der Waals surface area contributed by atoms with Crippen LogP contribution in [0.1, 0.15) is 29.6 Å². The minimum absolute atomic E-state index is 0.253. The fourth-order valence-corrected chi connectivity index (χ4v) is 4.38. The predicted molar refractivity (Wildman–Crippen MR) is 118 cm³/mol. The summed E-state index contributed by atoms with van der Waals surface area (Å²) in [6.07, 6.45) is 3.56. The Balaban J connectivity index is 1.61. The number of sulfonamides is 1. The number of benzene rings is 2. The van der Waals surface area contributed by atoms with Gasteiger partial charge in [-0.15, -0.1) is 0 Å². The van der Waals surface area contributed by atoms with Gasteiger partial charge in [-0.25, -0.2) is 8.42 Å². The van der Waals surface area contributed by atoms with Crippen LogP contribution in [0.2, 0.25) is 0 Å². The van der Waals surface area contributed by atoms with Crippen molar-refractivity contribution in [2.75, 3.05) is 40.8 Å². The number of anilines is 3. The maximum atomic E-state index is 12.4. The number of nitrogens with one attached hydrogen (secondary N) is 3. The smallest absolute Gasteiger partial charge is 0.253 e. The zero-order chi connectivity index (χ0) is 21.6. The molecule has 3 rings (SSSR count). The number of piperidine rings is 1. The minimum Gasteiger partial charge on any atom is -0.372 e. The van der Waals surface area contributed by atoms with Gasteiger partial charge in [-0.2, -0.15) is 0 Å². The summed E-state index contributed by atoms with van der Waals surface area (Å²) in [5.41, 5.74) is 1.96. The Morgan fingerprint density at radius 2 is 1.63 bits per heavy atom. The Morgan fingerprint density at radius 3 is 2.30 bits per heavy atom. The first-order chi connectivity index (χ1) is 14.4. The van der Waals surface area contributed by atoms with E-state index < -0.39 is 21.7 Å². The molecule has 1 fully saturated rings. The van der Waals surface area contributed by atoms with Crippen LogP contribution < -0.4 is 20.3 Å². The van der Waals surface area contributed by atoms with Gasteiger partial charge in [-0.3, -0.25) is 14.3 Å². The van der Waals surface area contributed by atoms with Crippen LogP contribution in [0.25, 0.3) is 0 Å². The van der Waals surface area contributed by atoms with E-state index in [9.17, 15) is 18.0 Å². The standard InChI is InChI=1S/C21H26N4O4S/c1-22-21(27)18-7-3-4-8-19(18)23-20(26)15-30(28,29)24-16-9-11-17(12-10-16)25-13-5-2-6-14-25/h3-4,7-12,24H,2,5-6,13-15H2,1H3,(H,22,27)(H,23,26). The lowest BCUT2D eigenvalue weighted by molar-refractivity contribution is -0.113. The first-order valence-electron chi connectivity index (χ1n) is 9.84. The van der Waals surface area contributed by atoms with Crippen molar-refractivity contribution in [3.05, 3.63) is 54.1 Å². The number of nitrogens with zero attached hydrogens (tertiary/aromatic N) is 1. The third-order valence-corrected chi connectivity index (χ3v) is 6.04. The van der Waals surface area contributed by atoms with Crippen LogP contribution in [0.5, 0.6) is 0 Å². The van der Waals surface area contributed by atoms with Gasteiger partial charge in [0.25, 0.3) is 5.91 Å². The van der Waals surface area contributed by atoms with Gasteiger partial charge < -0.3 is 15.5 Å². The summed E-state index contributed by atoms with van der Waals surface area (Å²) in [6, 6.07) is 13.5. The first-order valence-corrected chi connectivity index (χ1v) is 11.5. The van der Waals surface area contributed by atoms with E-state index in [0.717, 1.165) is 31.6 Å². The van der Waals surface area contributed by atoms with Crippen molar-refractivity contribution < 1.29 is 18.0 Å². The van der Waals surface area contributed by atoms with E-state index in [2.05, 4.69) is 20.3 Å². The Labute approximate surface area is 176 Å². The van der Waals surface area contributed by atoms with Gasteiger partial charge >= 0.3 is 0 Å². The second-order valence-electron chi connectivity index (χ2n) is 7.13. The van der Waals surface area contributed by atoms with Crippen molar-refractivity contribution in [3.63, 3.8) is 0 Å². The molecule has 2 amide bonds. The minimum atomic E-state index is -3.91. The number of rotatable bonds is 7. The van der Waals surface area contributed by atoms with Crippen LogP contribution in [-0.4, -0.2) is 46.1 Å². The lowest BCUT2D eigenvalue weighted by Gasteiger charge is -2.28. The second-order valence-corrected chi connectivity index (χ2v) is 8.85. The average Bonchev–Trinajstić information content (AvgIpc) is 2.74. The topological polar surface area (TPSA) is 108 Å². The van der Waals surface area contributed by atoms with Crippen LogP contribution in [0.4, 0.5) is 17.1 Å². The molecule has 30 heavy (non-hydrogen) atoms. The van der Waals surface area contributed by atoms with Crippen molar-refractivity contribution in [1.29, 1.82) is 0 Å². The third-order valence-electron chi connectivity index (χ3n) is 4.86. The molecule has 0 aliphatic carbocycles. The Kier molecular flexibility index (Phi) is 6.94. The van der Waals surface area contributed by atoms with E-state index in [1.165, 1.54) is 13.5 Å². The molecule has 0 saturated carbocycles. The monoisotopic (exact) mass is 430 g/mol. The number of amides is 2. The zero-order valence-electron chi connectivity index (χ0n) is 16.8. The highest BCUT2D eigenvalue weighted by Crippen LogP contribution is 2.22. The molecule has 0 atom stereocenters. The highest BCUT2D eigenvalue weighted by molar-refractivity contribution is 7.93. The van der Waals surface area contributed by atoms with Crippen molar-refractivity contribution in [3.8, 4) is 0 Å². The molecule has 0 unspecified atom stereocenters. The summed E-state index contributed by atoms with van der Waals surface area (Å²) in [5.74, 6) is -1.87. The van der Waals surface area contributed by atoms with Gasteiger partial charge in [0.1, 0.15) is 5.75 Å². The summed E-state index contributed by atoms with van der Waals surface area (Å²) in [5, 5.41) is 4.97. The molecule has 0 radical (unpaired) electrons. The van der Waals surface area contributed by atoms with E-state index in [0.29, 0.717) is 5.69 Å². The molecule has 1 aliphatic rings. The molecule has 1 saturated heterocycles. The summed E-state index contributed by atoms with van der Waals surface area (Å²) >= 11 is 0. The quantitative estimate of drug-likeness (QED) is 0.625. The SMILES string of the molecule is CNC(=O)c1ccccc1NC(=O)CS(=O)(=O)Nc1ccc(N2CCCCC2)cc1. The van der Waals surface area contributed by atoms with Crippen molar-refractivity contribution in [1.82, 2.24) is 5.32 Å². The Morgan fingerprint density at radius 1 is 0.967 bits per heavy atom. The fourth-order valence-electron chi connectivity index (χ4n) is 3.39. The highest BCUT2D eigenvalue weighted by atomic mass is 32.2. The molecule has 2 aromatic rings. The lowest BCUT2D eigenvalue weighted by atomic mass is 10.1. The molecule has 0 bridgehead atoms. The Bertz CT molecular complexity index is 1000. The van der Waals surface area contributed by atoms with Gasteiger partial charge in [-0.1, -0.05) is 12.1 Å².